The first kappa shape index (κ1) is 19.7. The molecule has 0 heterocycles. The number of carboxylic acid groups (broad SMARTS) is 1. The summed E-state index contributed by atoms with van der Waals surface area (Å²) in [5, 5.41) is 9.09. The molecule has 0 amide bonds. The summed E-state index contributed by atoms with van der Waals surface area (Å²) in [6.45, 7) is 2.57. The van der Waals surface area contributed by atoms with Crippen molar-refractivity contribution < 1.29 is 24.2 Å². The highest BCUT2D eigenvalue weighted by Crippen LogP contribution is 2.46. The lowest BCUT2D eigenvalue weighted by Gasteiger charge is -2.33. The lowest BCUT2D eigenvalue weighted by Crippen LogP contribution is -2.44. The molecule has 2 aromatic carbocycles. The Morgan fingerprint density at radius 2 is 1.77 bits per heavy atom. The van der Waals surface area contributed by atoms with Gasteiger partial charge in [-0.25, -0.2) is 4.79 Å². The molecule has 2 rings (SSSR count). The van der Waals surface area contributed by atoms with Gasteiger partial charge < -0.3 is 20.3 Å². The molecular formula is C19H21NO5S. The van der Waals surface area contributed by atoms with Crippen LogP contribution in [0.15, 0.2) is 53.4 Å². The number of carbonyl (C=O) groups is 2. The van der Waals surface area contributed by atoms with E-state index in [0.717, 1.165) is 0 Å². The highest BCUT2D eigenvalue weighted by Gasteiger charge is 2.46. The summed E-state index contributed by atoms with van der Waals surface area (Å²) in [4.78, 5) is 24.3. The number of benzene rings is 2. The molecule has 0 radical (unpaired) electrons. The molecule has 0 fully saturated rings. The number of nitrogen functional groups attached to an aromatic ring is 1. The number of nitrogens with two attached hydrogens (primary N) is 1. The second-order valence-electron chi connectivity index (χ2n) is 5.81. The number of hydrogen-bond donors (Lipinski definition) is 2. The van der Waals surface area contributed by atoms with E-state index in [0.29, 0.717) is 21.9 Å². The summed E-state index contributed by atoms with van der Waals surface area (Å²) in [6, 6.07) is 14.1. The minimum absolute atomic E-state index is 0.520. The quantitative estimate of drug-likeness (QED) is 0.434. The largest absolute Gasteiger partial charge is 0.497 e. The van der Waals surface area contributed by atoms with Crippen LogP contribution in [0.5, 0.6) is 5.75 Å². The molecule has 0 aliphatic rings. The number of anilines is 1. The molecule has 26 heavy (non-hydrogen) atoms. The van der Waals surface area contributed by atoms with Crippen LogP contribution in [-0.4, -0.2) is 29.8 Å². The molecule has 6 nitrogen and oxygen atoms in total. The SMILES string of the molecule is COc1ccc(C(Sc2ccccc2N)C(C)(OC(C)=O)C(=O)O)cc1. The minimum atomic E-state index is -1.78. The third kappa shape index (κ3) is 4.29. The molecule has 0 spiro atoms. The molecule has 2 atom stereocenters. The predicted octanol–water partition coefficient (Wildman–Crippen LogP) is 3.52. The molecule has 0 bridgehead atoms. The van der Waals surface area contributed by atoms with E-state index in [1.807, 2.05) is 6.07 Å². The van der Waals surface area contributed by atoms with Crippen LogP contribution in [0.25, 0.3) is 0 Å². The van der Waals surface area contributed by atoms with Gasteiger partial charge in [0.25, 0.3) is 0 Å². The van der Waals surface area contributed by atoms with Crippen molar-refractivity contribution in [2.45, 2.75) is 29.6 Å². The summed E-state index contributed by atoms with van der Waals surface area (Å²) in [7, 11) is 1.55. The van der Waals surface area contributed by atoms with E-state index in [1.165, 1.54) is 25.6 Å². The third-order valence-corrected chi connectivity index (χ3v) is 5.45. The first-order valence-electron chi connectivity index (χ1n) is 7.86. The van der Waals surface area contributed by atoms with Crippen LogP contribution < -0.4 is 10.5 Å². The fraction of sp³-hybridized carbons (Fsp3) is 0.263. The zero-order valence-corrected chi connectivity index (χ0v) is 15.6. The number of thioether (sulfide) groups is 1. The second-order valence-corrected chi connectivity index (χ2v) is 6.96. The Kier molecular flexibility index (Phi) is 6.15. The summed E-state index contributed by atoms with van der Waals surface area (Å²) in [6.07, 6.45) is 0. The van der Waals surface area contributed by atoms with Gasteiger partial charge in [-0.1, -0.05) is 24.3 Å². The Morgan fingerprint density at radius 1 is 1.15 bits per heavy atom. The molecule has 0 saturated carbocycles. The zero-order valence-electron chi connectivity index (χ0n) is 14.8. The van der Waals surface area contributed by atoms with Crippen molar-refractivity contribution in [3.63, 3.8) is 0 Å². The molecular weight excluding hydrogens is 354 g/mol. The standard InChI is InChI=1S/C19H21NO5S/c1-12(21)25-19(2,18(22)23)17(13-8-10-14(24-3)11-9-13)26-16-7-5-4-6-15(16)20/h4-11,17H,20H2,1-3H3,(H,22,23). The molecule has 0 saturated heterocycles. The third-order valence-electron chi connectivity index (χ3n) is 3.86. The maximum absolute atomic E-state index is 12.0. The number of methoxy groups -OCH3 is 1. The van der Waals surface area contributed by atoms with Crippen molar-refractivity contribution in [3.05, 3.63) is 54.1 Å². The number of hydrogen-bond acceptors (Lipinski definition) is 6. The summed E-state index contributed by atoms with van der Waals surface area (Å²) in [5.74, 6) is -1.27. The molecule has 0 aromatic heterocycles. The van der Waals surface area contributed by atoms with Gasteiger partial charge in [-0.05, 0) is 36.8 Å². The molecule has 0 aliphatic carbocycles. The summed E-state index contributed by atoms with van der Waals surface area (Å²) >= 11 is 1.24. The average Bonchev–Trinajstić information content (AvgIpc) is 2.60. The molecule has 2 aromatic rings. The molecule has 138 valence electrons. The van der Waals surface area contributed by atoms with Crippen molar-refractivity contribution in [2.75, 3.05) is 12.8 Å². The molecule has 0 aliphatic heterocycles. The van der Waals surface area contributed by atoms with Gasteiger partial charge in [0, 0.05) is 17.5 Å². The smallest absolute Gasteiger partial charge is 0.349 e. The monoisotopic (exact) mass is 375 g/mol. The Morgan fingerprint density at radius 3 is 2.27 bits per heavy atom. The number of carbonyl (C=O) groups excluding carboxylic acids is 1. The highest BCUT2D eigenvalue weighted by atomic mass is 32.2. The molecule has 2 unspecified atom stereocenters. The van der Waals surface area contributed by atoms with Crippen LogP contribution in [0, 0.1) is 0 Å². The van der Waals surface area contributed by atoms with Gasteiger partial charge >= 0.3 is 11.9 Å². The van der Waals surface area contributed by atoms with Gasteiger partial charge in [0.15, 0.2) is 0 Å². The number of esters is 1. The van der Waals surface area contributed by atoms with Crippen LogP contribution in [0.4, 0.5) is 5.69 Å². The average molecular weight is 375 g/mol. The normalized spacial score (nSPS) is 14.1. The predicted molar refractivity (Wildman–Crippen MR) is 100 cm³/mol. The van der Waals surface area contributed by atoms with E-state index in [2.05, 4.69) is 0 Å². The molecule has 7 heteroatoms. The Hall–Kier alpha value is -2.67. The van der Waals surface area contributed by atoms with Gasteiger partial charge in [0.05, 0.1) is 12.4 Å². The van der Waals surface area contributed by atoms with Crippen molar-refractivity contribution in [3.8, 4) is 5.75 Å². The highest BCUT2D eigenvalue weighted by molar-refractivity contribution is 7.99. The van der Waals surface area contributed by atoms with Crippen molar-refractivity contribution >= 4 is 29.4 Å². The van der Waals surface area contributed by atoms with Gasteiger partial charge in [-0.15, -0.1) is 11.8 Å². The second kappa shape index (κ2) is 8.14. The van der Waals surface area contributed by atoms with Crippen molar-refractivity contribution in [1.82, 2.24) is 0 Å². The van der Waals surface area contributed by atoms with Crippen LogP contribution >= 0.6 is 11.8 Å². The lowest BCUT2D eigenvalue weighted by molar-refractivity contribution is -0.175. The van der Waals surface area contributed by atoms with Gasteiger partial charge in [-0.3, -0.25) is 4.79 Å². The first-order chi connectivity index (χ1) is 12.3. The number of aliphatic carboxylic acids is 1. The maximum atomic E-state index is 12.0. The van der Waals surface area contributed by atoms with Gasteiger partial charge in [0.1, 0.15) is 5.75 Å². The van der Waals surface area contributed by atoms with Crippen molar-refractivity contribution in [1.29, 1.82) is 0 Å². The topological polar surface area (TPSA) is 98.9 Å². The van der Waals surface area contributed by atoms with Crippen LogP contribution in [0.3, 0.4) is 0 Å². The van der Waals surface area contributed by atoms with E-state index in [4.69, 9.17) is 15.2 Å². The van der Waals surface area contributed by atoms with E-state index in [-0.39, 0.29) is 0 Å². The number of rotatable bonds is 7. The Bertz CT molecular complexity index is 793. The Labute approximate surface area is 156 Å². The van der Waals surface area contributed by atoms with E-state index >= 15 is 0 Å². The van der Waals surface area contributed by atoms with Gasteiger partial charge in [0.2, 0.25) is 5.60 Å². The summed E-state index contributed by atoms with van der Waals surface area (Å²) in [5.41, 5.74) is 5.42. The van der Waals surface area contributed by atoms with Crippen molar-refractivity contribution in [2.24, 2.45) is 0 Å². The fourth-order valence-electron chi connectivity index (χ4n) is 2.50. The first-order valence-corrected chi connectivity index (χ1v) is 8.74. The van der Waals surface area contributed by atoms with E-state index < -0.39 is 22.8 Å². The van der Waals surface area contributed by atoms with Crippen LogP contribution in [0.1, 0.15) is 24.7 Å². The summed E-state index contributed by atoms with van der Waals surface area (Å²) < 4.78 is 10.4. The van der Waals surface area contributed by atoms with Gasteiger partial charge in [-0.2, -0.15) is 0 Å². The van der Waals surface area contributed by atoms with Crippen LogP contribution in [-0.2, 0) is 14.3 Å². The minimum Gasteiger partial charge on any atom is -0.497 e. The fourth-order valence-corrected chi connectivity index (χ4v) is 3.78. The van der Waals surface area contributed by atoms with E-state index in [1.54, 1.807) is 49.6 Å². The zero-order chi connectivity index (χ0) is 19.3. The molecule has 3 N–H and O–H groups in total. The number of ether oxygens (including phenoxy) is 2. The number of carboxylic acids is 1. The maximum Gasteiger partial charge on any atom is 0.349 e. The Balaban J connectivity index is 2.53. The number of para-hydroxylation sites is 1. The lowest BCUT2D eigenvalue weighted by atomic mass is 9.95. The van der Waals surface area contributed by atoms with E-state index in [9.17, 15) is 14.7 Å². The van der Waals surface area contributed by atoms with Crippen LogP contribution in [0.2, 0.25) is 0 Å².